The third-order valence-electron chi connectivity index (χ3n) is 8.25. The van der Waals surface area contributed by atoms with Gasteiger partial charge in [0.05, 0.1) is 17.7 Å². The Morgan fingerprint density at radius 3 is 2.11 bits per heavy atom. The molecule has 0 aliphatic heterocycles. The Hall–Kier alpha value is -3.38. The van der Waals surface area contributed by atoms with E-state index in [4.69, 9.17) is 0 Å². The summed E-state index contributed by atoms with van der Waals surface area (Å²) in [5.74, 6) is -0.508. The first-order chi connectivity index (χ1) is 20.6. The van der Waals surface area contributed by atoms with Crippen molar-refractivity contribution in [1.82, 2.24) is 5.48 Å². The first kappa shape index (κ1) is 36.8. The Bertz CT molecular complexity index is 1380. The molecule has 238 valence electrons. The Morgan fingerprint density at radius 1 is 0.977 bits per heavy atom. The number of Topliss-reactive ketones (excluding diaryl/α,β-unsaturated/α-hetero) is 1. The number of aliphatic hydroxyl groups excluding tert-OH is 1. The molecule has 0 aromatic rings. The molecular weight excluding hydrogens is 550 g/mol. The molecule has 2 aliphatic rings. The lowest BCUT2D eigenvalue weighted by Gasteiger charge is -2.39. The van der Waals surface area contributed by atoms with Gasteiger partial charge in [0.1, 0.15) is 0 Å². The molecule has 0 aromatic heterocycles. The van der Waals surface area contributed by atoms with Crippen molar-refractivity contribution in [3.8, 4) is 0 Å². The van der Waals surface area contributed by atoms with Gasteiger partial charge in [-0.25, -0.2) is 0 Å². The highest BCUT2D eigenvalue weighted by Crippen LogP contribution is 2.40. The number of carbonyl (C=O) groups is 2. The third-order valence-corrected chi connectivity index (χ3v) is 8.25. The topological polar surface area (TPSA) is 107 Å². The summed E-state index contributed by atoms with van der Waals surface area (Å²) in [5.41, 5.74) is 9.67. The van der Waals surface area contributed by atoms with Crippen LogP contribution in [0.1, 0.15) is 81.1 Å². The van der Waals surface area contributed by atoms with E-state index in [1.807, 2.05) is 81.5 Å². The van der Waals surface area contributed by atoms with Gasteiger partial charge in [-0.15, -0.1) is 5.73 Å². The first-order valence-electron chi connectivity index (χ1n) is 15.3. The molecule has 0 radical (unpaired) electrons. The van der Waals surface area contributed by atoms with Crippen LogP contribution in [-0.2, 0) is 9.59 Å². The lowest BCUT2D eigenvalue weighted by molar-refractivity contribution is -0.125. The molecule has 2 rings (SSSR count). The number of hydrogen-bond donors (Lipinski definition) is 4. The summed E-state index contributed by atoms with van der Waals surface area (Å²) in [5, 5.41) is 30.3. The summed E-state index contributed by atoms with van der Waals surface area (Å²) < 4.78 is 0. The number of aliphatic hydroxyl groups is 2. The molecule has 0 heterocycles. The van der Waals surface area contributed by atoms with E-state index in [2.05, 4.69) is 25.1 Å². The fraction of sp³-hybridized carbons (Fsp3) is 0.447. The zero-order valence-electron chi connectivity index (χ0n) is 27.6. The van der Waals surface area contributed by atoms with Crippen LogP contribution in [0.5, 0.6) is 0 Å². The van der Waals surface area contributed by atoms with Crippen LogP contribution < -0.4 is 5.48 Å². The summed E-state index contributed by atoms with van der Waals surface area (Å²) in [7, 11) is 0. The largest absolute Gasteiger partial charge is 0.393 e. The molecule has 4 unspecified atom stereocenters. The number of rotatable bonds is 11. The van der Waals surface area contributed by atoms with Crippen molar-refractivity contribution < 1.29 is 25.0 Å². The van der Waals surface area contributed by atoms with Gasteiger partial charge in [-0.1, -0.05) is 91.3 Å². The summed E-state index contributed by atoms with van der Waals surface area (Å²) >= 11 is 0. The minimum Gasteiger partial charge on any atom is -0.393 e. The maximum atomic E-state index is 12.8. The van der Waals surface area contributed by atoms with E-state index >= 15 is 0 Å². The number of allylic oxidation sites excluding steroid dienone is 15. The lowest BCUT2D eigenvalue weighted by Crippen LogP contribution is -2.43. The van der Waals surface area contributed by atoms with Crippen LogP contribution in [0.25, 0.3) is 0 Å². The second-order valence-electron chi connectivity index (χ2n) is 13.1. The van der Waals surface area contributed by atoms with Gasteiger partial charge >= 0.3 is 0 Å². The lowest BCUT2D eigenvalue weighted by atomic mass is 9.70. The van der Waals surface area contributed by atoms with Crippen molar-refractivity contribution in [1.29, 1.82) is 0 Å². The average Bonchev–Trinajstić information content (AvgIpc) is 2.91. The van der Waals surface area contributed by atoms with Crippen LogP contribution in [0, 0.1) is 11.3 Å². The standard InChI is InChI=1S/C38H51NO5/c1-26(15-11-16-28(3)19-20-33-35(39-44)22-32(41)24-37(33,6)7)13-9-10-14-27(2)17-12-18-29(4)36(42)23-34-30(5)21-31(40)25-38(34,8)43/h9-19,21,32,34-35,39,41,43-44H,22-25H2,1-8H3/b10-9+,15-11+,17-12+,26-13+,27-14+,28-16+,29-18+. The van der Waals surface area contributed by atoms with Gasteiger partial charge in [0, 0.05) is 18.8 Å². The monoisotopic (exact) mass is 601 g/mol. The van der Waals surface area contributed by atoms with E-state index in [0.29, 0.717) is 18.4 Å². The quantitative estimate of drug-likeness (QED) is 0.0857. The predicted molar refractivity (Wildman–Crippen MR) is 179 cm³/mol. The molecule has 1 fully saturated rings. The minimum absolute atomic E-state index is 0.0396. The van der Waals surface area contributed by atoms with Crippen LogP contribution >= 0.6 is 0 Å². The summed E-state index contributed by atoms with van der Waals surface area (Å²) in [4.78, 5) is 24.5. The zero-order valence-corrected chi connectivity index (χ0v) is 27.6. The van der Waals surface area contributed by atoms with Crippen molar-refractivity contribution in [2.45, 2.75) is 98.8 Å². The van der Waals surface area contributed by atoms with E-state index in [0.717, 1.165) is 27.9 Å². The average molecular weight is 602 g/mol. The molecule has 0 aromatic carbocycles. The molecule has 4 atom stereocenters. The fourth-order valence-electron chi connectivity index (χ4n) is 5.71. The van der Waals surface area contributed by atoms with Gasteiger partial charge in [0.2, 0.25) is 0 Å². The maximum Gasteiger partial charge on any atom is 0.159 e. The summed E-state index contributed by atoms with van der Waals surface area (Å²) in [6, 6.07) is -0.309. The summed E-state index contributed by atoms with van der Waals surface area (Å²) in [6.45, 7) is 15.3. The SMILES string of the molecule is CC1=CC(=O)CC(C)(O)C1CC(=O)/C(C)=C/C=C/C(C)=C/C=C/C=C(C)/C=C/C=C(\C)C=C=C1C(NO)CC(O)CC1(C)C. The van der Waals surface area contributed by atoms with Gasteiger partial charge in [-0.2, -0.15) is 5.48 Å². The second-order valence-corrected chi connectivity index (χ2v) is 13.1. The highest BCUT2D eigenvalue weighted by Gasteiger charge is 2.39. The number of hydrogen-bond acceptors (Lipinski definition) is 6. The molecule has 6 heteroatoms. The van der Waals surface area contributed by atoms with Crippen LogP contribution in [0.3, 0.4) is 0 Å². The van der Waals surface area contributed by atoms with Gasteiger partial charge in [-0.3, -0.25) is 9.59 Å². The highest BCUT2D eigenvalue weighted by atomic mass is 16.5. The molecule has 2 aliphatic carbocycles. The molecule has 0 spiro atoms. The van der Waals surface area contributed by atoms with Crippen LogP contribution in [0.4, 0.5) is 0 Å². The van der Waals surface area contributed by atoms with E-state index in [-0.39, 0.29) is 41.8 Å². The van der Waals surface area contributed by atoms with Crippen molar-refractivity contribution in [2.75, 3.05) is 0 Å². The molecule has 1 saturated carbocycles. The van der Waals surface area contributed by atoms with Crippen LogP contribution in [-0.4, -0.2) is 44.7 Å². The molecular formula is C38H51NO5. The molecule has 6 nitrogen and oxygen atoms in total. The van der Waals surface area contributed by atoms with E-state index in [1.54, 1.807) is 32.9 Å². The van der Waals surface area contributed by atoms with Gasteiger partial charge in [0.25, 0.3) is 0 Å². The van der Waals surface area contributed by atoms with Crippen LogP contribution in [0.2, 0.25) is 0 Å². The Kier molecular flexibility index (Phi) is 13.9. The first-order valence-corrected chi connectivity index (χ1v) is 15.3. The normalized spacial score (nSPS) is 27.3. The number of hydroxylamine groups is 1. The Balaban J connectivity index is 1.94. The fourth-order valence-corrected chi connectivity index (χ4v) is 5.71. The predicted octanol–water partition coefficient (Wildman–Crippen LogP) is 7.30. The minimum atomic E-state index is -1.21. The van der Waals surface area contributed by atoms with Crippen molar-refractivity contribution in [3.05, 3.63) is 112 Å². The second kappa shape index (κ2) is 16.6. The number of ketones is 2. The molecule has 0 saturated heterocycles. The van der Waals surface area contributed by atoms with Crippen molar-refractivity contribution in [2.24, 2.45) is 11.3 Å². The van der Waals surface area contributed by atoms with Gasteiger partial charge in [0.15, 0.2) is 11.6 Å². The van der Waals surface area contributed by atoms with Crippen molar-refractivity contribution in [3.63, 3.8) is 0 Å². The summed E-state index contributed by atoms with van der Waals surface area (Å²) in [6.07, 6.45) is 23.9. The third kappa shape index (κ3) is 11.6. The number of nitrogens with one attached hydrogen (secondary N) is 1. The smallest absolute Gasteiger partial charge is 0.159 e. The Morgan fingerprint density at radius 2 is 1.55 bits per heavy atom. The highest BCUT2D eigenvalue weighted by molar-refractivity contribution is 5.97. The molecule has 4 N–H and O–H groups in total. The Labute approximate surface area is 264 Å². The maximum absolute atomic E-state index is 12.8. The van der Waals surface area contributed by atoms with E-state index < -0.39 is 11.7 Å². The molecule has 0 amide bonds. The van der Waals surface area contributed by atoms with Gasteiger partial charge in [-0.05, 0) is 88.7 Å². The zero-order chi connectivity index (χ0) is 33.1. The number of carbonyl (C=O) groups excluding carboxylic acids is 2. The molecule has 44 heavy (non-hydrogen) atoms. The van der Waals surface area contributed by atoms with E-state index in [1.165, 1.54) is 0 Å². The van der Waals surface area contributed by atoms with Crippen molar-refractivity contribution >= 4 is 11.6 Å². The molecule has 0 bridgehead atoms. The van der Waals surface area contributed by atoms with Gasteiger partial charge < -0.3 is 15.4 Å². The van der Waals surface area contributed by atoms with E-state index in [9.17, 15) is 25.0 Å². The van der Waals surface area contributed by atoms with Crippen LogP contribution in [0.15, 0.2) is 112 Å².